The van der Waals surface area contributed by atoms with E-state index in [4.69, 9.17) is 4.74 Å². The molecule has 3 atom stereocenters. The van der Waals surface area contributed by atoms with Gasteiger partial charge in [-0.2, -0.15) is 0 Å². The molecule has 1 aromatic carbocycles. The van der Waals surface area contributed by atoms with Crippen molar-refractivity contribution in [1.29, 1.82) is 0 Å². The summed E-state index contributed by atoms with van der Waals surface area (Å²) in [6, 6.07) is 5.41. The topological polar surface area (TPSA) is 72.5 Å². The monoisotopic (exact) mass is 361 g/mol. The van der Waals surface area contributed by atoms with Gasteiger partial charge in [-0.15, -0.1) is 0 Å². The maximum atomic E-state index is 12.9. The van der Waals surface area contributed by atoms with Crippen LogP contribution in [0.1, 0.15) is 45.4 Å². The van der Waals surface area contributed by atoms with Crippen LogP contribution in [-0.4, -0.2) is 23.8 Å². The molecule has 0 aromatic heterocycles. The molecule has 2 aliphatic rings. The second-order valence-corrected chi connectivity index (χ2v) is 7.23. The van der Waals surface area contributed by atoms with Gasteiger partial charge < -0.3 is 10.1 Å². The summed E-state index contributed by atoms with van der Waals surface area (Å²) in [6.07, 6.45) is 3.25. The summed E-state index contributed by atoms with van der Waals surface area (Å²) in [5, 5.41) is 2.64. The van der Waals surface area contributed by atoms with Gasteiger partial charge in [-0.25, -0.2) is 4.39 Å². The lowest BCUT2D eigenvalue weighted by molar-refractivity contribution is -0.162. The van der Waals surface area contributed by atoms with E-state index in [1.54, 1.807) is 6.92 Å². The van der Waals surface area contributed by atoms with Crippen molar-refractivity contribution in [2.24, 2.45) is 17.8 Å². The lowest BCUT2D eigenvalue weighted by Gasteiger charge is -2.36. The minimum atomic E-state index is -0.898. The molecule has 2 aliphatic carbocycles. The van der Waals surface area contributed by atoms with E-state index in [-0.39, 0.29) is 23.6 Å². The summed E-state index contributed by atoms with van der Waals surface area (Å²) >= 11 is 0. The third kappa shape index (κ3) is 4.11. The zero-order valence-electron chi connectivity index (χ0n) is 14.9. The fraction of sp³-hybridized carbons (Fsp3) is 0.550. The average molecular weight is 361 g/mol. The van der Waals surface area contributed by atoms with Crippen molar-refractivity contribution in [1.82, 2.24) is 0 Å². The molecule has 1 N–H and O–H groups in total. The zero-order valence-corrected chi connectivity index (χ0v) is 14.9. The quantitative estimate of drug-likeness (QED) is 0.815. The van der Waals surface area contributed by atoms with E-state index in [1.807, 2.05) is 0 Å². The molecule has 2 fully saturated rings. The Morgan fingerprint density at radius 3 is 2.38 bits per heavy atom. The molecular formula is C20H24FNO4. The number of ether oxygens (including phenoxy) is 1. The van der Waals surface area contributed by atoms with E-state index >= 15 is 0 Å². The standard InChI is InChI=1S/C20H24FNO4/c1-2-17(19(24)22-16-8-6-15(21)7-9-16)26-20(25)14-10-12-4-3-5-13(11-14)18(12)23/h6-9,12-14,17H,2-5,10-11H2,1H3,(H,22,24). The van der Waals surface area contributed by atoms with E-state index in [0.717, 1.165) is 19.3 Å². The molecule has 0 aliphatic heterocycles. The number of nitrogens with one attached hydrogen (secondary N) is 1. The summed E-state index contributed by atoms with van der Waals surface area (Å²) < 4.78 is 18.4. The van der Waals surface area contributed by atoms with Crippen LogP contribution in [-0.2, 0) is 19.1 Å². The van der Waals surface area contributed by atoms with Gasteiger partial charge in [0.05, 0.1) is 5.92 Å². The minimum absolute atomic E-state index is 0.0341. The lowest BCUT2D eigenvalue weighted by atomic mass is 9.67. The first-order valence-corrected chi connectivity index (χ1v) is 9.28. The van der Waals surface area contributed by atoms with Crippen LogP contribution in [0.15, 0.2) is 24.3 Å². The van der Waals surface area contributed by atoms with Gasteiger partial charge in [0, 0.05) is 17.5 Å². The average Bonchev–Trinajstić information content (AvgIpc) is 2.61. The molecule has 3 unspecified atom stereocenters. The van der Waals surface area contributed by atoms with Crippen molar-refractivity contribution >= 4 is 23.3 Å². The van der Waals surface area contributed by atoms with Crippen molar-refractivity contribution in [3.8, 4) is 0 Å². The van der Waals surface area contributed by atoms with Gasteiger partial charge in [0.25, 0.3) is 5.91 Å². The maximum Gasteiger partial charge on any atom is 0.309 e. The molecule has 0 saturated heterocycles. The largest absolute Gasteiger partial charge is 0.452 e. The van der Waals surface area contributed by atoms with Crippen molar-refractivity contribution in [3.63, 3.8) is 0 Å². The highest BCUT2D eigenvalue weighted by Gasteiger charge is 2.42. The van der Waals surface area contributed by atoms with Crippen LogP contribution in [0, 0.1) is 23.6 Å². The molecule has 1 aromatic rings. The van der Waals surface area contributed by atoms with E-state index in [2.05, 4.69) is 5.32 Å². The first-order chi connectivity index (χ1) is 12.5. The number of carbonyl (C=O) groups excluding carboxylic acids is 3. The van der Waals surface area contributed by atoms with Crippen molar-refractivity contribution < 1.29 is 23.5 Å². The Bertz CT molecular complexity index is 672. The van der Waals surface area contributed by atoms with Crippen LogP contribution in [0.4, 0.5) is 10.1 Å². The summed E-state index contributed by atoms with van der Waals surface area (Å²) in [4.78, 5) is 37.0. The molecule has 2 bridgehead atoms. The van der Waals surface area contributed by atoms with Crippen LogP contribution in [0.25, 0.3) is 0 Å². The predicted octanol–water partition coefficient (Wildman–Crippen LogP) is 3.48. The number of carbonyl (C=O) groups is 3. The molecule has 0 radical (unpaired) electrons. The number of anilines is 1. The number of benzene rings is 1. The Balaban J connectivity index is 1.58. The Morgan fingerprint density at radius 2 is 1.81 bits per heavy atom. The van der Waals surface area contributed by atoms with Gasteiger partial charge in [-0.3, -0.25) is 14.4 Å². The van der Waals surface area contributed by atoms with Gasteiger partial charge in [-0.05, 0) is 56.4 Å². The normalized spacial score (nSPS) is 26.1. The number of hydrogen-bond donors (Lipinski definition) is 1. The molecule has 26 heavy (non-hydrogen) atoms. The van der Waals surface area contributed by atoms with Crippen LogP contribution in [0.3, 0.4) is 0 Å². The predicted molar refractivity (Wildman–Crippen MR) is 93.8 cm³/mol. The molecule has 1 amide bonds. The number of Topliss-reactive ketones (excluding diaryl/α,β-unsaturated/α-hetero) is 1. The van der Waals surface area contributed by atoms with Gasteiger partial charge >= 0.3 is 5.97 Å². The first-order valence-electron chi connectivity index (χ1n) is 9.28. The fourth-order valence-electron chi connectivity index (χ4n) is 3.99. The molecular weight excluding hydrogens is 337 g/mol. The van der Waals surface area contributed by atoms with Crippen molar-refractivity contribution in [3.05, 3.63) is 30.1 Å². The Labute approximate surface area is 152 Å². The van der Waals surface area contributed by atoms with Crippen LogP contribution in [0.5, 0.6) is 0 Å². The smallest absolute Gasteiger partial charge is 0.309 e. The lowest BCUT2D eigenvalue weighted by Crippen LogP contribution is -2.41. The molecule has 3 rings (SSSR count). The minimum Gasteiger partial charge on any atom is -0.452 e. The highest BCUT2D eigenvalue weighted by atomic mass is 19.1. The molecule has 5 nitrogen and oxygen atoms in total. The van der Waals surface area contributed by atoms with Gasteiger partial charge in [0.15, 0.2) is 6.10 Å². The summed E-state index contributed by atoms with van der Waals surface area (Å²) in [6.45, 7) is 1.77. The van der Waals surface area contributed by atoms with Crippen LogP contribution < -0.4 is 5.32 Å². The van der Waals surface area contributed by atoms with Crippen molar-refractivity contribution in [2.75, 3.05) is 5.32 Å². The molecule has 140 valence electrons. The van der Waals surface area contributed by atoms with Crippen molar-refractivity contribution in [2.45, 2.75) is 51.6 Å². The highest BCUT2D eigenvalue weighted by Crippen LogP contribution is 2.40. The van der Waals surface area contributed by atoms with Gasteiger partial charge in [0.1, 0.15) is 11.6 Å². The maximum absolute atomic E-state index is 12.9. The molecule has 2 saturated carbocycles. The third-order valence-electron chi connectivity index (χ3n) is 5.41. The van der Waals surface area contributed by atoms with E-state index in [1.165, 1.54) is 24.3 Å². The summed E-state index contributed by atoms with van der Waals surface area (Å²) in [5.74, 6) is -1.30. The molecule has 6 heteroatoms. The van der Waals surface area contributed by atoms with E-state index in [9.17, 15) is 18.8 Å². The summed E-state index contributed by atoms with van der Waals surface area (Å²) in [7, 11) is 0. The number of rotatable bonds is 5. The fourth-order valence-corrected chi connectivity index (χ4v) is 3.99. The summed E-state index contributed by atoms with van der Waals surface area (Å²) in [5.41, 5.74) is 0.448. The number of fused-ring (bicyclic) bond motifs is 2. The van der Waals surface area contributed by atoms with E-state index < -0.39 is 18.0 Å². The Hall–Kier alpha value is -2.24. The number of amides is 1. The van der Waals surface area contributed by atoms with Gasteiger partial charge in [-0.1, -0.05) is 13.3 Å². The number of halogens is 1. The third-order valence-corrected chi connectivity index (χ3v) is 5.41. The molecule has 0 heterocycles. The Kier molecular flexibility index (Phi) is 5.69. The highest BCUT2D eigenvalue weighted by molar-refractivity contribution is 5.95. The van der Waals surface area contributed by atoms with Crippen LogP contribution >= 0.6 is 0 Å². The first kappa shape index (κ1) is 18.5. The van der Waals surface area contributed by atoms with E-state index in [0.29, 0.717) is 30.7 Å². The second kappa shape index (κ2) is 7.98. The van der Waals surface area contributed by atoms with Gasteiger partial charge in [0.2, 0.25) is 0 Å². The van der Waals surface area contributed by atoms with Crippen LogP contribution in [0.2, 0.25) is 0 Å². The second-order valence-electron chi connectivity index (χ2n) is 7.23. The number of ketones is 1. The SMILES string of the molecule is CCC(OC(=O)C1CC2CCCC(C1)C2=O)C(=O)Nc1ccc(F)cc1. The Morgan fingerprint density at radius 1 is 1.19 bits per heavy atom. The number of hydrogen-bond acceptors (Lipinski definition) is 4. The molecule has 0 spiro atoms. The number of esters is 1. The zero-order chi connectivity index (χ0) is 18.7.